The molecule has 0 spiro atoms. The smallest absolute Gasteiger partial charge is 0.260 e. The highest BCUT2D eigenvalue weighted by molar-refractivity contribution is 5.95. The number of carbonyl (C=O) groups excluding carboxylic acids is 2. The molecule has 0 radical (unpaired) electrons. The number of nitrogens with zero attached hydrogens (tertiary/aromatic N) is 3. The van der Waals surface area contributed by atoms with Crippen LogP contribution in [0.1, 0.15) is 54.9 Å². The zero-order chi connectivity index (χ0) is 24.5. The Hall–Kier alpha value is -3.13. The normalized spacial score (nSPS) is 17.7. The van der Waals surface area contributed by atoms with Crippen molar-refractivity contribution in [2.45, 2.75) is 51.7 Å². The summed E-state index contributed by atoms with van der Waals surface area (Å²) in [6, 6.07) is 8.99. The first-order valence-corrected chi connectivity index (χ1v) is 12.6. The maximum Gasteiger partial charge on any atom is 0.260 e. The van der Waals surface area contributed by atoms with Crippen LogP contribution in [-0.4, -0.2) is 72.2 Å². The lowest BCUT2D eigenvalue weighted by Crippen LogP contribution is -2.38. The molecule has 2 aliphatic rings. The number of rotatable bonds is 10. The Morgan fingerprint density at radius 3 is 2.69 bits per heavy atom. The fraction of sp³-hybridized carbons (Fsp3) is 0.519. The number of aromatic nitrogens is 1. The Kier molecular flexibility index (Phi) is 8.95. The van der Waals surface area contributed by atoms with Crippen LogP contribution in [0.5, 0.6) is 11.5 Å². The maximum atomic E-state index is 13.6. The number of pyridine rings is 1. The van der Waals surface area contributed by atoms with Crippen LogP contribution in [-0.2, 0) is 16.1 Å². The summed E-state index contributed by atoms with van der Waals surface area (Å²) in [5.41, 5.74) is 1.46. The van der Waals surface area contributed by atoms with Crippen molar-refractivity contribution in [3.63, 3.8) is 0 Å². The molecule has 8 heteroatoms. The third-order valence-corrected chi connectivity index (χ3v) is 6.38. The van der Waals surface area contributed by atoms with E-state index < -0.39 is 0 Å². The van der Waals surface area contributed by atoms with Gasteiger partial charge in [0.2, 0.25) is 0 Å². The van der Waals surface area contributed by atoms with Crippen molar-refractivity contribution in [3.8, 4) is 11.5 Å². The molecule has 2 aromatic rings. The Labute approximate surface area is 207 Å². The molecule has 4 rings (SSSR count). The first kappa shape index (κ1) is 25.0. The highest BCUT2D eigenvalue weighted by Gasteiger charge is 2.25. The van der Waals surface area contributed by atoms with Crippen LogP contribution in [0.25, 0.3) is 0 Å². The van der Waals surface area contributed by atoms with Crippen LogP contribution in [0.4, 0.5) is 0 Å². The van der Waals surface area contributed by atoms with Gasteiger partial charge in [-0.25, -0.2) is 0 Å². The lowest BCUT2D eigenvalue weighted by molar-refractivity contribution is -0.134. The molecule has 0 N–H and O–H groups in total. The lowest BCUT2D eigenvalue weighted by atomic mass is 10.1. The fourth-order valence-corrected chi connectivity index (χ4v) is 4.55. The first-order chi connectivity index (χ1) is 17.1. The van der Waals surface area contributed by atoms with Crippen molar-refractivity contribution >= 4 is 11.8 Å². The summed E-state index contributed by atoms with van der Waals surface area (Å²) in [7, 11) is 0. The van der Waals surface area contributed by atoms with E-state index in [1.54, 1.807) is 35.5 Å². The number of benzene rings is 1. The van der Waals surface area contributed by atoms with Gasteiger partial charge in [-0.05, 0) is 68.9 Å². The molecule has 1 aromatic heterocycles. The minimum absolute atomic E-state index is 0.0217. The number of hydrogen-bond acceptors (Lipinski definition) is 6. The van der Waals surface area contributed by atoms with E-state index in [0.717, 1.165) is 50.9 Å². The zero-order valence-corrected chi connectivity index (χ0v) is 20.5. The second-order valence-corrected chi connectivity index (χ2v) is 9.01. The number of ether oxygens (including phenoxy) is 3. The van der Waals surface area contributed by atoms with Gasteiger partial charge < -0.3 is 24.0 Å². The quantitative estimate of drug-likeness (QED) is 0.515. The molecule has 2 fully saturated rings. The largest absolute Gasteiger partial charge is 0.490 e. The van der Waals surface area contributed by atoms with Gasteiger partial charge in [0.15, 0.2) is 18.1 Å². The molecule has 2 aliphatic heterocycles. The van der Waals surface area contributed by atoms with E-state index in [1.165, 1.54) is 6.42 Å². The van der Waals surface area contributed by atoms with Gasteiger partial charge in [0.05, 0.1) is 12.7 Å². The molecule has 3 heterocycles. The van der Waals surface area contributed by atoms with Crippen LogP contribution in [0.2, 0.25) is 0 Å². The van der Waals surface area contributed by atoms with Crippen LogP contribution >= 0.6 is 0 Å². The van der Waals surface area contributed by atoms with E-state index in [0.29, 0.717) is 36.8 Å². The third kappa shape index (κ3) is 6.94. The summed E-state index contributed by atoms with van der Waals surface area (Å²) in [5.74, 6) is 0.794. The van der Waals surface area contributed by atoms with E-state index in [2.05, 4.69) is 4.98 Å². The van der Waals surface area contributed by atoms with E-state index in [1.807, 2.05) is 24.0 Å². The van der Waals surface area contributed by atoms with E-state index >= 15 is 0 Å². The number of piperidine rings is 1. The zero-order valence-electron chi connectivity index (χ0n) is 20.5. The van der Waals surface area contributed by atoms with Crippen LogP contribution in [0.15, 0.2) is 42.7 Å². The summed E-state index contributed by atoms with van der Waals surface area (Å²) in [6.45, 7) is 5.51. The van der Waals surface area contributed by atoms with Crippen molar-refractivity contribution < 1.29 is 23.8 Å². The average Bonchev–Trinajstić information content (AvgIpc) is 3.41. The summed E-state index contributed by atoms with van der Waals surface area (Å²) < 4.78 is 17.4. The molecule has 0 aliphatic carbocycles. The molecular formula is C27H35N3O5. The Morgan fingerprint density at radius 1 is 1.11 bits per heavy atom. The van der Waals surface area contributed by atoms with Gasteiger partial charge in [0.25, 0.3) is 11.8 Å². The summed E-state index contributed by atoms with van der Waals surface area (Å²) in [4.78, 5) is 33.9. The molecular weight excluding hydrogens is 446 g/mol. The molecule has 35 heavy (non-hydrogen) atoms. The molecule has 0 saturated carbocycles. The van der Waals surface area contributed by atoms with Gasteiger partial charge in [-0.1, -0.05) is 6.07 Å². The third-order valence-electron chi connectivity index (χ3n) is 6.38. The molecule has 2 amide bonds. The molecule has 1 unspecified atom stereocenters. The van der Waals surface area contributed by atoms with Gasteiger partial charge in [-0.3, -0.25) is 14.6 Å². The minimum atomic E-state index is -0.110. The van der Waals surface area contributed by atoms with Gasteiger partial charge in [0, 0.05) is 50.7 Å². The van der Waals surface area contributed by atoms with Gasteiger partial charge in [0.1, 0.15) is 0 Å². The fourth-order valence-electron chi connectivity index (χ4n) is 4.55. The van der Waals surface area contributed by atoms with Crippen molar-refractivity contribution in [1.82, 2.24) is 14.8 Å². The topological polar surface area (TPSA) is 81.2 Å². The standard InChI is InChI=1S/C27H35N3O5/c1-2-33-25-16-22(10-11-24(25)35-20-26(31)29-13-4-3-5-14-29)27(32)30(19-23-9-7-15-34-23)18-21-8-6-12-28-17-21/h6,8,10-12,16-17,23H,2-5,7,9,13-15,18-20H2,1H3. The molecule has 188 valence electrons. The molecule has 1 atom stereocenters. The number of likely N-dealkylation sites (tertiary alicyclic amines) is 1. The van der Waals surface area contributed by atoms with Crippen molar-refractivity contribution in [2.24, 2.45) is 0 Å². The number of carbonyl (C=O) groups is 2. The summed E-state index contributed by atoms with van der Waals surface area (Å²) >= 11 is 0. The first-order valence-electron chi connectivity index (χ1n) is 12.6. The molecule has 1 aromatic carbocycles. The predicted molar refractivity (Wildman–Crippen MR) is 131 cm³/mol. The highest BCUT2D eigenvalue weighted by Crippen LogP contribution is 2.30. The molecule has 8 nitrogen and oxygen atoms in total. The monoisotopic (exact) mass is 481 g/mol. The number of amides is 2. The minimum Gasteiger partial charge on any atom is -0.490 e. The van der Waals surface area contributed by atoms with Crippen LogP contribution < -0.4 is 9.47 Å². The predicted octanol–water partition coefficient (Wildman–Crippen LogP) is 3.69. The second-order valence-electron chi connectivity index (χ2n) is 9.01. The van der Waals surface area contributed by atoms with E-state index in [9.17, 15) is 9.59 Å². The Morgan fingerprint density at radius 2 is 1.97 bits per heavy atom. The van der Waals surface area contributed by atoms with Crippen molar-refractivity contribution in [3.05, 3.63) is 53.9 Å². The van der Waals surface area contributed by atoms with Gasteiger partial charge in [-0.15, -0.1) is 0 Å². The van der Waals surface area contributed by atoms with E-state index in [-0.39, 0.29) is 24.5 Å². The van der Waals surface area contributed by atoms with E-state index in [4.69, 9.17) is 14.2 Å². The number of hydrogen-bond donors (Lipinski definition) is 0. The Balaban J connectivity index is 1.48. The lowest BCUT2D eigenvalue weighted by Gasteiger charge is -2.27. The van der Waals surface area contributed by atoms with Crippen LogP contribution in [0.3, 0.4) is 0 Å². The van der Waals surface area contributed by atoms with Crippen LogP contribution in [0, 0.1) is 0 Å². The highest BCUT2D eigenvalue weighted by atomic mass is 16.5. The van der Waals surface area contributed by atoms with Gasteiger partial charge >= 0.3 is 0 Å². The second kappa shape index (κ2) is 12.5. The maximum absolute atomic E-state index is 13.6. The van der Waals surface area contributed by atoms with Gasteiger partial charge in [-0.2, -0.15) is 0 Å². The average molecular weight is 482 g/mol. The molecule has 2 saturated heterocycles. The summed E-state index contributed by atoms with van der Waals surface area (Å²) in [5, 5.41) is 0. The SMILES string of the molecule is CCOc1cc(C(=O)N(Cc2cccnc2)CC2CCCO2)ccc1OCC(=O)N1CCCCC1. The Bertz CT molecular complexity index is 972. The van der Waals surface area contributed by atoms with Crippen molar-refractivity contribution in [1.29, 1.82) is 0 Å². The summed E-state index contributed by atoms with van der Waals surface area (Å²) in [6.07, 6.45) is 8.72. The molecule has 0 bridgehead atoms. The van der Waals surface area contributed by atoms with Crippen molar-refractivity contribution in [2.75, 3.05) is 39.5 Å².